The number of hydrogen-bond donors (Lipinski definition) is 14. The van der Waals surface area contributed by atoms with Gasteiger partial charge in [-0.25, -0.2) is 72.9 Å². The van der Waals surface area contributed by atoms with E-state index in [9.17, 15) is 0 Å². The summed E-state index contributed by atoms with van der Waals surface area (Å²) in [5.74, 6) is 7.92. The van der Waals surface area contributed by atoms with E-state index in [-0.39, 0.29) is 0 Å². The molecule has 0 spiro atoms. The molecule has 36 nitrogen and oxygen atoms in total. The number of thiophene rings is 1. The Morgan fingerprint density at radius 3 is 1.13 bits per heavy atom. The summed E-state index contributed by atoms with van der Waals surface area (Å²) in [6.07, 6.45) is 15.5. The van der Waals surface area contributed by atoms with E-state index in [1.165, 1.54) is 5.69 Å². The maximum absolute atomic E-state index is 5.95. The van der Waals surface area contributed by atoms with Crippen molar-refractivity contribution in [1.82, 2.24) is 74.8 Å². The van der Waals surface area contributed by atoms with Gasteiger partial charge in [0.2, 0.25) is 41.6 Å². The van der Waals surface area contributed by atoms with E-state index in [1.54, 1.807) is 101 Å². The largest absolute Gasteiger partial charge is 0.497 e. The SMILES string of the molecule is C(=N/Nc1nc2ccccc2[nH]1)/c1ccc(N2CCOCC2)cc1.C(=N\Nc1nc2ccccc2[nH]1)/c1cccs1.C(=N\Nc1nc2ccccc2[nH]1)/c1ccncc1.CN(C)c1ccc(/C=N\Nc2nc3ccccc3[nH]2)cc1.COc1ccc(/C=N/Nc2nc3ccc(Cl)cc3[nH]2)cc1OC.COc1cccc(/C=N/Nc2nc3ccccc3[nH]2)c1.Cc1ccc(/C=N/Nc2nc3ccc(Cl)cc3[nH]2)o1. The molecular formula is C103H97Cl2N31O5S. The van der Waals surface area contributed by atoms with Gasteiger partial charge in [-0.1, -0.05) is 126 Å². The molecule has 714 valence electrons. The number of methoxy groups -OCH3 is 3. The molecule has 1 fully saturated rings. The van der Waals surface area contributed by atoms with Crippen molar-refractivity contribution in [3.63, 3.8) is 0 Å². The van der Waals surface area contributed by atoms with Gasteiger partial charge in [0.05, 0.1) is 155 Å². The number of pyridine rings is 1. The number of morpholine rings is 1. The van der Waals surface area contributed by atoms with Gasteiger partial charge >= 0.3 is 0 Å². The van der Waals surface area contributed by atoms with Crippen molar-refractivity contribution in [2.45, 2.75) is 6.92 Å². The molecule has 0 atom stereocenters. The lowest BCUT2D eigenvalue weighted by Crippen LogP contribution is -2.36. The standard InChI is InChI=1S/C18H19N5O.C16H15ClN4O2.C16H17N5.C15H14N4O.C13H11ClN4O.C13H11N5.C12H10N4S/c1-2-4-17-16(3-1)20-18(21-17)22-19-13-14-5-7-15(8-6-14)23-9-11-24-12-10-23;1-22-14-6-3-10(7-15(14)23-2)9-18-21-16-19-12-5-4-11(17)8-13(12)20-16;1-21(2)13-9-7-12(8-10-13)11-17-20-16-18-14-5-3-4-6-15(14)19-16;1-20-12-6-4-5-11(9-12)10-16-19-15-17-13-7-2-3-8-14(13)18-15;1-8-2-4-10(19-8)7-15-18-13-16-11-5-3-9(14)6-12(11)17-13;1-2-4-12-11(3-1)16-13(17-12)18-15-9-10-5-7-14-8-6-10;1-2-6-11-10(5-1)14-12(15-11)16-13-8-9-4-3-7-17-9/h1-8,13H,9-12H2,(H2,20,21,22);3-9H,1-2H3,(H2,19,20,21);3-11H,1-2H3,(H2,18,19,20);2-10H,1H3,(H2,17,18,19);2-7H,1H3,(H2,16,17,18);1-9H,(H2,16,17,18);1-8H,(H2,14,15,16)/b19-13-;18-9+;17-11-;16-10+;15-7+;15-9+;13-8+. The number of aromatic nitrogens is 15. The fourth-order valence-electron chi connectivity index (χ4n) is 13.7. The fourth-order valence-corrected chi connectivity index (χ4v) is 14.6. The first kappa shape index (κ1) is 96.8. The summed E-state index contributed by atoms with van der Waals surface area (Å²) in [4.78, 5) is 62.0. The molecule has 0 amide bonds. The highest BCUT2D eigenvalue weighted by molar-refractivity contribution is 7.11. The number of rotatable bonds is 26. The minimum absolute atomic E-state index is 0.541. The van der Waals surface area contributed by atoms with E-state index in [0.29, 0.717) is 68.9 Å². The number of imidazole rings is 7. The highest BCUT2D eigenvalue weighted by atomic mass is 35.5. The van der Waals surface area contributed by atoms with Crippen LogP contribution in [0.15, 0.2) is 343 Å². The minimum atomic E-state index is 0.541. The Balaban J connectivity index is 0.000000119. The monoisotopic (exact) mass is 1950 g/mol. The number of aromatic amines is 7. The number of aryl methyl sites for hydroxylation is 1. The van der Waals surface area contributed by atoms with Crippen molar-refractivity contribution >= 4 is 208 Å². The second-order valence-electron chi connectivity index (χ2n) is 30.9. The van der Waals surface area contributed by atoms with E-state index in [0.717, 1.165) is 153 Å². The van der Waals surface area contributed by atoms with E-state index in [4.69, 9.17) is 46.6 Å². The first-order chi connectivity index (χ1) is 69.7. The van der Waals surface area contributed by atoms with E-state index in [2.05, 4.69) is 195 Å². The van der Waals surface area contributed by atoms with Crippen LogP contribution in [0.3, 0.4) is 0 Å². The number of hydrazone groups is 7. The number of H-pyrrole nitrogens is 7. The molecule has 0 unspecified atom stereocenters. The van der Waals surface area contributed by atoms with Gasteiger partial charge in [0.25, 0.3) is 0 Å². The summed E-state index contributed by atoms with van der Waals surface area (Å²) in [6.45, 7) is 5.37. The summed E-state index contributed by atoms with van der Waals surface area (Å²) in [7, 11) is 8.87. The fraction of sp³-hybridized carbons (Fsp3) is 0.0971. The van der Waals surface area contributed by atoms with Crippen LogP contribution >= 0.6 is 34.5 Å². The third-order valence-corrected chi connectivity index (χ3v) is 21.9. The lowest BCUT2D eigenvalue weighted by Gasteiger charge is -2.28. The van der Waals surface area contributed by atoms with Crippen LogP contribution in [0, 0.1) is 6.92 Å². The first-order valence-electron chi connectivity index (χ1n) is 44.3. The quantitative estimate of drug-likeness (QED) is 0.0177. The zero-order valence-electron chi connectivity index (χ0n) is 77.5. The summed E-state index contributed by atoms with van der Waals surface area (Å²) in [5.41, 5.74) is 40.3. The van der Waals surface area contributed by atoms with Crippen molar-refractivity contribution < 1.29 is 23.4 Å². The van der Waals surface area contributed by atoms with Crippen LogP contribution in [0.5, 0.6) is 17.2 Å². The highest BCUT2D eigenvalue weighted by Crippen LogP contribution is 2.29. The van der Waals surface area contributed by atoms with Crippen LogP contribution in [0.4, 0.5) is 53.0 Å². The first-order valence-corrected chi connectivity index (χ1v) is 46.0. The molecule has 39 heteroatoms. The van der Waals surface area contributed by atoms with Gasteiger partial charge in [-0.2, -0.15) is 35.7 Å². The van der Waals surface area contributed by atoms with Gasteiger partial charge < -0.3 is 68.1 Å². The lowest BCUT2D eigenvalue weighted by atomic mass is 10.2. The van der Waals surface area contributed by atoms with E-state index < -0.39 is 0 Å². The number of anilines is 9. The Labute approximate surface area is 827 Å². The molecular weight excluding hydrogens is 1850 g/mol. The molecule has 0 aliphatic carbocycles. The second-order valence-corrected chi connectivity index (χ2v) is 32.8. The number of furan rings is 1. The van der Waals surface area contributed by atoms with Gasteiger partial charge in [-0.05, 0) is 222 Å². The van der Waals surface area contributed by atoms with Crippen LogP contribution in [0.2, 0.25) is 10.0 Å². The molecule has 0 saturated carbocycles. The maximum atomic E-state index is 5.95. The Morgan fingerprint density at radius 1 is 0.352 bits per heavy atom. The second kappa shape index (κ2) is 49.4. The summed E-state index contributed by atoms with van der Waals surface area (Å²) >= 11 is 13.5. The predicted molar refractivity (Wildman–Crippen MR) is 576 cm³/mol. The van der Waals surface area contributed by atoms with Crippen molar-refractivity contribution in [1.29, 1.82) is 0 Å². The van der Waals surface area contributed by atoms with Crippen molar-refractivity contribution in [2.24, 2.45) is 35.7 Å². The highest BCUT2D eigenvalue weighted by Gasteiger charge is 2.13. The number of nitrogens with one attached hydrogen (secondary N) is 14. The number of benzene rings is 11. The number of fused-ring (bicyclic) bond motifs is 7. The molecule has 21 aromatic rings. The summed E-state index contributed by atoms with van der Waals surface area (Å²) < 4.78 is 26.4. The van der Waals surface area contributed by atoms with Crippen LogP contribution < -0.4 is 62.0 Å². The third-order valence-electron chi connectivity index (χ3n) is 20.7. The Kier molecular flexibility index (Phi) is 33.7. The molecule has 11 heterocycles. The van der Waals surface area contributed by atoms with Gasteiger partial charge in [-0.15, -0.1) is 11.3 Å². The third kappa shape index (κ3) is 28.4. The molecule has 1 aliphatic rings. The molecule has 0 radical (unpaired) electrons. The van der Waals surface area contributed by atoms with Crippen molar-refractivity contribution in [2.75, 3.05) is 110 Å². The predicted octanol–water partition coefficient (Wildman–Crippen LogP) is 21.7. The number of ether oxygens (including phenoxy) is 4. The number of halogens is 2. The maximum Gasteiger partial charge on any atom is 0.222 e. The normalized spacial score (nSPS) is 11.9. The molecule has 1 saturated heterocycles. The van der Waals surface area contributed by atoms with Crippen LogP contribution in [0.25, 0.3) is 77.2 Å². The molecule has 0 bridgehead atoms. The number of nitrogens with zero attached hydrogens (tertiary/aromatic N) is 17. The van der Waals surface area contributed by atoms with Gasteiger partial charge in [0.1, 0.15) is 17.3 Å². The average Bonchev–Trinajstić information content (AvgIpc) is 1.67. The summed E-state index contributed by atoms with van der Waals surface area (Å²) in [5, 5.41) is 32.4. The summed E-state index contributed by atoms with van der Waals surface area (Å²) in [6, 6.07) is 91.4. The topological polar surface area (TPSA) is 441 Å². The smallest absolute Gasteiger partial charge is 0.222 e. The van der Waals surface area contributed by atoms with Crippen LogP contribution in [-0.2, 0) is 4.74 Å². The molecule has 142 heavy (non-hydrogen) atoms. The molecule has 22 rings (SSSR count). The molecule has 11 aromatic carbocycles. The van der Waals surface area contributed by atoms with Gasteiger partial charge in [0, 0.05) is 65.9 Å². The minimum Gasteiger partial charge on any atom is -0.497 e. The number of hydrogen-bond acceptors (Lipinski definition) is 30. The van der Waals surface area contributed by atoms with Gasteiger partial charge in [-0.3, -0.25) is 4.98 Å². The molecule has 10 aromatic heterocycles. The zero-order chi connectivity index (χ0) is 97.8. The van der Waals surface area contributed by atoms with Crippen LogP contribution in [0.1, 0.15) is 44.2 Å². The van der Waals surface area contributed by atoms with E-state index >= 15 is 0 Å². The Morgan fingerprint density at radius 2 is 0.732 bits per heavy atom. The van der Waals surface area contributed by atoms with Crippen molar-refractivity contribution in [3.8, 4) is 17.2 Å². The van der Waals surface area contributed by atoms with Gasteiger partial charge in [0.15, 0.2) is 11.5 Å². The number of para-hydroxylation sites is 10. The van der Waals surface area contributed by atoms with Crippen LogP contribution in [-0.4, -0.2) is 180 Å². The Bertz CT molecular complexity index is 7670. The molecule has 14 N–H and O–H groups in total. The molecule has 1 aliphatic heterocycles. The lowest BCUT2D eigenvalue weighted by molar-refractivity contribution is 0.122. The Hall–Kier alpha value is -18.3. The van der Waals surface area contributed by atoms with Crippen molar-refractivity contribution in [3.05, 3.63) is 357 Å². The van der Waals surface area contributed by atoms with E-state index in [1.807, 2.05) is 263 Å². The zero-order valence-corrected chi connectivity index (χ0v) is 79.9. The average molecular weight is 1950 g/mol.